The van der Waals surface area contributed by atoms with E-state index in [1.54, 1.807) is 6.20 Å². The average molecular weight is 289 g/mol. The lowest BCUT2D eigenvalue weighted by molar-refractivity contribution is 0.607. The van der Waals surface area contributed by atoms with Crippen LogP contribution in [0.5, 0.6) is 0 Å². The van der Waals surface area contributed by atoms with Crippen LogP contribution in [0, 0.1) is 22.7 Å². The highest BCUT2D eigenvalue weighted by Gasteiger charge is 2.33. The fourth-order valence-electron chi connectivity index (χ4n) is 2.99. The van der Waals surface area contributed by atoms with Crippen molar-refractivity contribution in [3.05, 3.63) is 54.0 Å². The van der Waals surface area contributed by atoms with Crippen molar-refractivity contribution in [2.24, 2.45) is 0 Å². The topological polar surface area (TPSA) is 76.6 Å². The minimum absolute atomic E-state index is 0.0923. The Morgan fingerprint density at radius 2 is 1.95 bits per heavy atom. The molecule has 2 aromatic rings. The lowest BCUT2D eigenvalue weighted by atomic mass is 9.91. The maximum absolute atomic E-state index is 9.63. The molecule has 5 heteroatoms. The van der Waals surface area contributed by atoms with Crippen LogP contribution < -0.4 is 4.90 Å². The highest BCUT2D eigenvalue weighted by molar-refractivity contribution is 5.43. The number of benzene rings is 1. The van der Waals surface area contributed by atoms with Gasteiger partial charge in [-0.05, 0) is 18.4 Å². The third-order valence-corrected chi connectivity index (χ3v) is 4.03. The van der Waals surface area contributed by atoms with Crippen LogP contribution >= 0.6 is 0 Å². The molecule has 2 heterocycles. The molecular formula is C17H15N5. The van der Waals surface area contributed by atoms with E-state index in [-0.39, 0.29) is 12.0 Å². The van der Waals surface area contributed by atoms with Gasteiger partial charge in [-0.25, -0.2) is 9.97 Å². The molecule has 1 fully saturated rings. The van der Waals surface area contributed by atoms with Crippen LogP contribution in [-0.4, -0.2) is 22.6 Å². The Balaban J connectivity index is 1.89. The molecule has 1 aromatic carbocycles. The second kappa shape index (κ2) is 6.24. The zero-order valence-electron chi connectivity index (χ0n) is 12.1. The first kappa shape index (κ1) is 14.0. The Labute approximate surface area is 129 Å². The van der Waals surface area contributed by atoms with E-state index < -0.39 is 0 Å². The summed E-state index contributed by atoms with van der Waals surface area (Å²) in [6, 6.07) is 14.4. The Hall–Kier alpha value is -2.92. The molecule has 1 aliphatic heterocycles. The van der Waals surface area contributed by atoms with Gasteiger partial charge >= 0.3 is 0 Å². The smallest absolute Gasteiger partial charge is 0.158 e. The van der Waals surface area contributed by atoms with Gasteiger partial charge in [0.2, 0.25) is 0 Å². The maximum atomic E-state index is 9.63. The molecule has 0 bridgehead atoms. The summed E-state index contributed by atoms with van der Waals surface area (Å²) in [7, 11) is 0. The standard InChI is InChI=1S/C17H15N5/c18-9-14-11-21-17(12-20-14)22-8-4-7-16(22)15(10-19)13-5-2-1-3-6-13/h1-3,5-6,11-12,15-16H,4,7-8H2. The summed E-state index contributed by atoms with van der Waals surface area (Å²) in [5.74, 6) is 0.541. The minimum Gasteiger partial charge on any atom is -0.351 e. The number of rotatable bonds is 3. The number of nitriles is 2. The summed E-state index contributed by atoms with van der Waals surface area (Å²) >= 11 is 0. The summed E-state index contributed by atoms with van der Waals surface area (Å²) in [6.07, 6.45) is 5.08. The lowest BCUT2D eigenvalue weighted by Gasteiger charge is -2.29. The predicted molar refractivity (Wildman–Crippen MR) is 81.9 cm³/mol. The van der Waals surface area contributed by atoms with Crippen molar-refractivity contribution in [1.29, 1.82) is 10.5 Å². The molecule has 5 nitrogen and oxygen atoms in total. The summed E-state index contributed by atoms with van der Waals surface area (Å²) in [6.45, 7) is 0.857. The molecule has 0 aliphatic carbocycles. The molecule has 108 valence electrons. The van der Waals surface area contributed by atoms with Crippen LogP contribution in [-0.2, 0) is 0 Å². The van der Waals surface area contributed by atoms with Gasteiger partial charge in [-0.2, -0.15) is 10.5 Å². The molecule has 0 N–H and O–H groups in total. The van der Waals surface area contributed by atoms with Gasteiger partial charge in [0.05, 0.1) is 30.4 Å². The van der Waals surface area contributed by atoms with E-state index in [4.69, 9.17) is 5.26 Å². The lowest BCUT2D eigenvalue weighted by Crippen LogP contribution is -2.34. The number of aromatic nitrogens is 2. The summed E-state index contributed by atoms with van der Waals surface area (Å²) in [4.78, 5) is 10.5. The zero-order chi connectivity index (χ0) is 15.4. The molecule has 2 atom stereocenters. The Morgan fingerprint density at radius 1 is 1.14 bits per heavy atom. The van der Waals surface area contributed by atoms with E-state index in [1.807, 2.05) is 36.4 Å². The van der Waals surface area contributed by atoms with Crippen LogP contribution in [0.15, 0.2) is 42.7 Å². The number of hydrogen-bond acceptors (Lipinski definition) is 5. The second-order valence-electron chi connectivity index (χ2n) is 5.29. The van der Waals surface area contributed by atoms with Gasteiger partial charge in [0.25, 0.3) is 0 Å². The fraction of sp³-hybridized carbons (Fsp3) is 0.294. The zero-order valence-corrected chi connectivity index (χ0v) is 12.1. The van der Waals surface area contributed by atoms with Crippen LogP contribution in [0.3, 0.4) is 0 Å². The Morgan fingerprint density at radius 3 is 2.59 bits per heavy atom. The molecule has 1 aromatic heterocycles. The average Bonchev–Trinajstić information content (AvgIpc) is 3.06. The van der Waals surface area contributed by atoms with E-state index in [2.05, 4.69) is 20.9 Å². The Kier molecular flexibility index (Phi) is 3.98. The fourth-order valence-corrected chi connectivity index (χ4v) is 2.99. The summed E-state index contributed by atoms with van der Waals surface area (Å²) in [5, 5.41) is 18.4. The van der Waals surface area contributed by atoms with E-state index in [0.717, 1.165) is 30.8 Å². The third-order valence-electron chi connectivity index (χ3n) is 4.03. The highest BCUT2D eigenvalue weighted by Crippen LogP contribution is 2.33. The first-order valence-corrected chi connectivity index (χ1v) is 7.27. The largest absolute Gasteiger partial charge is 0.351 e. The molecule has 3 rings (SSSR count). The van der Waals surface area contributed by atoms with Crippen molar-refractivity contribution in [1.82, 2.24) is 9.97 Å². The summed E-state index contributed by atoms with van der Waals surface area (Å²) < 4.78 is 0. The van der Waals surface area contributed by atoms with Crippen LogP contribution in [0.2, 0.25) is 0 Å². The van der Waals surface area contributed by atoms with Crippen molar-refractivity contribution in [3.8, 4) is 12.1 Å². The molecule has 22 heavy (non-hydrogen) atoms. The molecule has 0 saturated carbocycles. The van der Waals surface area contributed by atoms with Gasteiger partial charge in [0.1, 0.15) is 11.9 Å². The van der Waals surface area contributed by atoms with Gasteiger partial charge in [-0.15, -0.1) is 0 Å². The van der Waals surface area contributed by atoms with Crippen molar-refractivity contribution < 1.29 is 0 Å². The number of nitrogens with zero attached hydrogens (tertiary/aromatic N) is 5. The van der Waals surface area contributed by atoms with E-state index >= 15 is 0 Å². The van der Waals surface area contributed by atoms with E-state index in [9.17, 15) is 5.26 Å². The van der Waals surface area contributed by atoms with Crippen molar-refractivity contribution in [2.75, 3.05) is 11.4 Å². The third kappa shape index (κ3) is 2.62. The predicted octanol–water partition coefficient (Wildman–Crippen LogP) is 2.62. The van der Waals surface area contributed by atoms with Crippen molar-refractivity contribution in [2.45, 2.75) is 24.8 Å². The van der Waals surface area contributed by atoms with E-state index in [0.29, 0.717) is 5.69 Å². The quantitative estimate of drug-likeness (QED) is 0.868. The molecule has 1 aliphatic rings. The monoisotopic (exact) mass is 289 g/mol. The highest BCUT2D eigenvalue weighted by atomic mass is 15.2. The summed E-state index contributed by atoms with van der Waals surface area (Å²) in [5.41, 5.74) is 1.34. The molecule has 0 amide bonds. The van der Waals surface area contributed by atoms with Gasteiger partial charge < -0.3 is 4.90 Å². The van der Waals surface area contributed by atoms with Crippen molar-refractivity contribution in [3.63, 3.8) is 0 Å². The van der Waals surface area contributed by atoms with Gasteiger partial charge in [0.15, 0.2) is 5.69 Å². The van der Waals surface area contributed by atoms with Gasteiger partial charge in [-0.1, -0.05) is 30.3 Å². The number of hydrogen-bond donors (Lipinski definition) is 0. The van der Waals surface area contributed by atoms with Crippen LogP contribution in [0.25, 0.3) is 0 Å². The van der Waals surface area contributed by atoms with Gasteiger partial charge in [-0.3, -0.25) is 0 Å². The van der Waals surface area contributed by atoms with E-state index in [1.165, 1.54) is 6.20 Å². The SMILES string of the molecule is N#Cc1cnc(N2CCCC2C(C#N)c2ccccc2)cn1. The van der Waals surface area contributed by atoms with Crippen LogP contribution in [0.4, 0.5) is 5.82 Å². The van der Waals surface area contributed by atoms with Gasteiger partial charge in [0, 0.05) is 6.54 Å². The first-order valence-electron chi connectivity index (χ1n) is 7.27. The molecular weight excluding hydrogens is 274 g/mol. The molecule has 0 spiro atoms. The molecule has 0 radical (unpaired) electrons. The van der Waals surface area contributed by atoms with Crippen LogP contribution in [0.1, 0.15) is 30.0 Å². The minimum atomic E-state index is -0.193. The molecule has 1 saturated heterocycles. The first-order chi connectivity index (χ1) is 10.8. The maximum Gasteiger partial charge on any atom is 0.158 e. The molecule has 2 unspecified atom stereocenters. The second-order valence-corrected chi connectivity index (χ2v) is 5.29. The normalized spacial score (nSPS) is 18.5. The number of anilines is 1. The van der Waals surface area contributed by atoms with Crippen molar-refractivity contribution >= 4 is 5.82 Å². The Bertz CT molecular complexity index is 711.